The molecule has 25 heavy (non-hydrogen) atoms. The number of aryl methyl sites for hydroxylation is 1. The average Bonchev–Trinajstić information content (AvgIpc) is 2.94. The average molecular weight is 362 g/mol. The number of carbonyl (C=O) groups is 2. The molecule has 2 amide bonds. The van der Waals surface area contributed by atoms with E-state index in [1.807, 2.05) is 0 Å². The van der Waals surface area contributed by atoms with E-state index in [2.05, 4.69) is 5.32 Å². The van der Waals surface area contributed by atoms with Gasteiger partial charge in [-0.25, -0.2) is 4.39 Å². The van der Waals surface area contributed by atoms with E-state index in [0.717, 1.165) is 36.1 Å². The van der Waals surface area contributed by atoms with Crippen LogP contribution < -0.4 is 15.8 Å². The number of hydrogen-bond acceptors (Lipinski definition) is 4. The minimum absolute atomic E-state index is 0.375. The number of nitrogens with one attached hydrogen (secondary N) is 1. The van der Waals surface area contributed by atoms with Gasteiger partial charge in [0.15, 0.2) is 6.10 Å². The maximum atomic E-state index is 12.9. The summed E-state index contributed by atoms with van der Waals surface area (Å²) in [5.74, 6) is -0.892. The molecule has 1 heterocycles. The highest BCUT2D eigenvalue weighted by Crippen LogP contribution is 2.38. The number of primary amides is 1. The van der Waals surface area contributed by atoms with E-state index in [4.69, 9.17) is 10.5 Å². The fourth-order valence-electron chi connectivity index (χ4n) is 2.90. The molecule has 132 valence electrons. The lowest BCUT2D eigenvalue weighted by Crippen LogP contribution is -2.30. The van der Waals surface area contributed by atoms with Crippen molar-refractivity contribution in [1.29, 1.82) is 0 Å². The number of benzene rings is 1. The zero-order valence-electron chi connectivity index (χ0n) is 13.8. The number of nitrogens with two attached hydrogens (primary N) is 1. The van der Waals surface area contributed by atoms with Crippen molar-refractivity contribution in [3.63, 3.8) is 0 Å². The Bertz CT molecular complexity index is 801. The van der Waals surface area contributed by atoms with E-state index in [1.54, 1.807) is 6.92 Å². The first-order valence-electron chi connectivity index (χ1n) is 8.13. The molecule has 1 aromatic carbocycles. The lowest BCUT2D eigenvalue weighted by molar-refractivity contribution is -0.122. The van der Waals surface area contributed by atoms with E-state index >= 15 is 0 Å². The Labute approximate surface area is 149 Å². The van der Waals surface area contributed by atoms with Crippen molar-refractivity contribution in [2.45, 2.75) is 38.7 Å². The molecule has 3 N–H and O–H groups in total. The zero-order valence-corrected chi connectivity index (χ0v) is 14.6. The van der Waals surface area contributed by atoms with Gasteiger partial charge in [0, 0.05) is 4.88 Å². The van der Waals surface area contributed by atoms with E-state index in [-0.39, 0.29) is 11.7 Å². The van der Waals surface area contributed by atoms with Crippen molar-refractivity contribution in [3.8, 4) is 5.75 Å². The molecule has 5 nitrogen and oxygen atoms in total. The Hall–Kier alpha value is -2.41. The molecule has 3 rings (SSSR count). The normalized spacial score (nSPS) is 14.5. The third-order valence-electron chi connectivity index (χ3n) is 4.15. The van der Waals surface area contributed by atoms with Crippen molar-refractivity contribution in [1.82, 2.24) is 0 Å². The summed E-state index contributed by atoms with van der Waals surface area (Å²) in [6, 6.07) is 5.44. The summed E-state index contributed by atoms with van der Waals surface area (Å²) in [6.45, 7) is 1.59. The lowest BCUT2D eigenvalue weighted by Gasteiger charge is -2.14. The predicted molar refractivity (Wildman–Crippen MR) is 94.6 cm³/mol. The maximum absolute atomic E-state index is 12.9. The lowest BCUT2D eigenvalue weighted by atomic mass is 9.95. The van der Waals surface area contributed by atoms with Gasteiger partial charge >= 0.3 is 0 Å². The van der Waals surface area contributed by atoms with Gasteiger partial charge in [0.25, 0.3) is 11.8 Å². The smallest absolute Gasteiger partial charge is 0.265 e. The van der Waals surface area contributed by atoms with Crippen LogP contribution in [0.3, 0.4) is 0 Å². The molecule has 1 aliphatic rings. The summed E-state index contributed by atoms with van der Waals surface area (Å²) in [6.07, 6.45) is 3.00. The zero-order chi connectivity index (χ0) is 18.0. The van der Waals surface area contributed by atoms with Crippen LogP contribution in [0.5, 0.6) is 5.75 Å². The number of thiophene rings is 1. The number of carbonyl (C=O) groups excluding carboxylic acids is 2. The van der Waals surface area contributed by atoms with Crippen LogP contribution >= 0.6 is 11.3 Å². The Balaban J connectivity index is 1.75. The topological polar surface area (TPSA) is 81.4 Å². The van der Waals surface area contributed by atoms with Crippen LogP contribution in [0.2, 0.25) is 0 Å². The number of rotatable bonds is 5. The molecule has 0 saturated heterocycles. The fraction of sp³-hybridized carbons (Fsp3) is 0.333. The monoisotopic (exact) mass is 362 g/mol. The third kappa shape index (κ3) is 3.82. The molecule has 0 spiro atoms. The minimum atomic E-state index is -0.801. The number of amides is 2. The predicted octanol–water partition coefficient (Wildman–Crippen LogP) is 3.27. The molecule has 7 heteroatoms. The quantitative estimate of drug-likeness (QED) is 0.856. The molecular formula is C18H19FN2O3S. The number of anilines is 1. The van der Waals surface area contributed by atoms with Gasteiger partial charge in [0.1, 0.15) is 16.6 Å². The minimum Gasteiger partial charge on any atom is -0.481 e. The highest BCUT2D eigenvalue weighted by Gasteiger charge is 2.26. The highest BCUT2D eigenvalue weighted by atomic mass is 32.1. The van der Waals surface area contributed by atoms with Gasteiger partial charge in [-0.05, 0) is 62.4 Å². The largest absolute Gasteiger partial charge is 0.481 e. The first-order valence-corrected chi connectivity index (χ1v) is 8.94. The van der Waals surface area contributed by atoms with Gasteiger partial charge in [-0.15, -0.1) is 11.3 Å². The van der Waals surface area contributed by atoms with Crippen molar-refractivity contribution >= 4 is 28.2 Å². The van der Waals surface area contributed by atoms with Gasteiger partial charge in [0.05, 0.1) is 5.56 Å². The van der Waals surface area contributed by atoms with Crippen molar-refractivity contribution in [2.24, 2.45) is 5.73 Å². The number of halogens is 1. The third-order valence-corrected chi connectivity index (χ3v) is 5.36. The molecule has 1 aromatic heterocycles. The molecule has 2 aromatic rings. The Morgan fingerprint density at radius 1 is 1.24 bits per heavy atom. The summed E-state index contributed by atoms with van der Waals surface area (Å²) >= 11 is 1.41. The van der Waals surface area contributed by atoms with Crippen LogP contribution in [0.1, 0.15) is 40.6 Å². The second kappa shape index (κ2) is 7.23. The van der Waals surface area contributed by atoms with Crippen LogP contribution in [0.15, 0.2) is 24.3 Å². The second-order valence-corrected chi connectivity index (χ2v) is 7.09. The summed E-state index contributed by atoms with van der Waals surface area (Å²) in [5, 5.41) is 3.25. The number of ether oxygens (including phenoxy) is 1. The van der Waals surface area contributed by atoms with Crippen LogP contribution in [0, 0.1) is 5.82 Å². The van der Waals surface area contributed by atoms with Crippen LogP contribution in [-0.4, -0.2) is 17.9 Å². The second-order valence-electron chi connectivity index (χ2n) is 5.98. The van der Waals surface area contributed by atoms with Crippen LogP contribution in [0.25, 0.3) is 0 Å². The molecule has 0 aliphatic heterocycles. The SMILES string of the molecule is CC(Oc1ccc(F)cc1)C(=O)Nc1sc2c(c1C(N)=O)CCCC2. The molecule has 1 unspecified atom stereocenters. The van der Waals surface area contributed by atoms with E-state index in [9.17, 15) is 14.0 Å². The van der Waals surface area contributed by atoms with Gasteiger partial charge in [0.2, 0.25) is 0 Å². The highest BCUT2D eigenvalue weighted by molar-refractivity contribution is 7.17. The van der Waals surface area contributed by atoms with Gasteiger partial charge in [-0.3, -0.25) is 9.59 Å². The fourth-order valence-corrected chi connectivity index (χ4v) is 4.20. The molecule has 1 atom stereocenters. The van der Waals surface area contributed by atoms with Crippen molar-refractivity contribution in [3.05, 3.63) is 46.1 Å². The first kappa shape index (κ1) is 17.4. The number of fused-ring (bicyclic) bond motifs is 1. The molecular weight excluding hydrogens is 343 g/mol. The van der Waals surface area contributed by atoms with Gasteiger partial charge in [-0.1, -0.05) is 0 Å². The van der Waals surface area contributed by atoms with E-state index < -0.39 is 12.0 Å². The van der Waals surface area contributed by atoms with Crippen LogP contribution in [0.4, 0.5) is 9.39 Å². The number of hydrogen-bond donors (Lipinski definition) is 2. The summed E-state index contributed by atoms with van der Waals surface area (Å²) in [4.78, 5) is 25.4. The van der Waals surface area contributed by atoms with Gasteiger partial charge in [-0.2, -0.15) is 0 Å². The Morgan fingerprint density at radius 2 is 1.92 bits per heavy atom. The van der Waals surface area contributed by atoms with Crippen molar-refractivity contribution < 1.29 is 18.7 Å². The Kier molecular flexibility index (Phi) is 5.03. The van der Waals surface area contributed by atoms with Crippen molar-refractivity contribution in [2.75, 3.05) is 5.32 Å². The molecule has 0 bridgehead atoms. The first-order chi connectivity index (χ1) is 12.0. The van der Waals surface area contributed by atoms with Crippen LogP contribution in [-0.2, 0) is 17.6 Å². The summed E-state index contributed by atoms with van der Waals surface area (Å²) < 4.78 is 18.4. The standard InChI is InChI=1S/C18H19FN2O3S/c1-10(24-12-8-6-11(19)7-9-12)17(23)21-18-15(16(20)22)13-4-2-3-5-14(13)25-18/h6-10H,2-5H2,1H3,(H2,20,22)(H,21,23). The molecule has 0 saturated carbocycles. The molecule has 0 fully saturated rings. The molecule has 0 radical (unpaired) electrons. The van der Waals surface area contributed by atoms with Gasteiger partial charge < -0.3 is 15.8 Å². The molecule has 1 aliphatic carbocycles. The van der Waals surface area contributed by atoms with E-state index in [0.29, 0.717) is 16.3 Å². The van der Waals surface area contributed by atoms with E-state index in [1.165, 1.54) is 35.6 Å². The Morgan fingerprint density at radius 3 is 2.60 bits per heavy atom. The maximum Gasteiger partial charge on any atom is 0.265 e. The summed E-state index contributed by atoms with van der Waals surface area (Å²) in [7, 11) is 0. The summed E-state index contributed by atoms with van der Waals surface area (Å²) in [5.41, 5.74) is 6.90.